The fourth-order valence-corrected chi connectivity index (χ4v) is 6.77. The highest BCUT2D eigenvalue weighted by atomic mass is 35.7. The van der Waals surface area contributed by atoms with Crippen LogP contribution in [0.2, 0.25) is 0 Å². The highest BCUT2D eigenvalue weighted by Crippen LogP contribution is 2.49. The number of hydrogen-bond donors (Lipinski definition) is 0. The zero-order chi connectivity index (χ0) is 17.2. The van der Waals surface area contributed by atoms with Gasteiger partial charge in [-0.05, 0) is 43.2 Å². The summed E-state index contributed by atoms with van der Waals surface area (Å²) in [6, 6.07) is 17.9. The summed E-state index contributed by atoms with van der Waals surface area (Å²) in [5, 5.41) is 0. The van der Waals surface area contributed by atoms with Gasteiger partial charge in [0.2, 0.25) is 0 Å². The van der Waals surface area contributed by atoms with Gasteiger partial charge in [0, 0.05) is 6.42 Å². The summed E-state index contributed by atoms with van der Waals surface area (Å²) in [5.74, 6) is 0. The minimum absolute atomic E-state index is 0.170. The molecule has 0 amide bonds. The highest BCUT2D eigenvalue weighted by molar-refractivity contribution is 8.05. The van der Waals surface area contributed by atoms with E-state index in [1.165, 1.54) is 38.8 Å². The van der Waals surface area contributed by atoms with E-state index in [-0.39, 0.29) is 10.9 Å². The largest absolute Gasteiger partial charge is 0.222 e. The summed E-state index contributed by atoms with van der Waals surface area (Å²) in [7, 11) is -4.77. The summed E-state index contributed by atoms with van der Waals surface area (Å²) in [4.78, 5) is 7.59. The van der Waals surface area contributed by atoms with E-state index in [1.54, 1.807) is 4.91 Å². The Morgan fingerprint density at radius 2 is 1.33 bits per heavy atom. The van der Waals surface area contributed by atoms with Gasteiger partial charge in [-0.15, -0.1) is 10.2 Å². The Kier molecular flexibility index (Phi) is 5.56. The second-order valence-electron chi connectivity index (χ2n) is 5.24. The van der Waals surface area contributed by atoms with Crippen LogP contribution in [0.1, 0.15) is 19.3 Å². The minimum atomic E-state index is -4.94. The fourth-order valence-electron chi connectivity index (χ4n) is 2.75. The maximum absolute atomic E-state index is 8.49. The highest BCUT2D eigenvalue weighted by Gasteiger charge is 2.39. The molecule has 0 saturated carbocycles. The van der Waals surface area contributed by atoms with Crippen LogP contribution in [0, 0.1) is 10.2 Å². The van der Waals surface area contributed by atoms with Gasteiger partial charge >= 0.3 is 0 Å². The number of allylic oxidation sites excluding steroid dienone is 2. The Morgan fingerprint density at radius 3 is 1.79 bits per heavy atom. The first kappa shape index (κ1) is 17.8. The van der Waals surface area contributed by atoms with Crippen molar-refractivity contribution in [3.8, 4) is 0 Å². The summed E-state index contributed by atoms with van der Waals surface area (Å²) >= 11 is 1.92. The molecule has 0 saturated heterocycles. The van der Waals surface area contributed by atoms with E-state index in [4.69, 9.17) is 18.6 Å². The van der Waals surface area contributed by atoms with E-state index in [1.807, 2.05) is 11.8 Å². The molecule has 1 heterocycles. The molecular formula is C17H15ClO4S2. The maximum Gasteiger partial charge on any atom is 0.180 e. The maximum atomic E-state index is 8.49. The van der Waals surface area contributed by atoms with Crippen molar-refractivity contribution in [1.82, 2.24) is 0 Å². The van der Waals surface area contributed by atoms with Crippen molar-refractivity contribution in [2.24, 2.45) is 0 Å². The Balaban J connectivity index is 0.000000300. The Bertz CT molecular complexity index is 707. The Morgan fingerprint density at radius 1 is 0.833 bits per heavy atom. The first-order valence-corrected chi connectivity index (χ1v) is 10.6. The molecule has 0 radical (unpaired) electrons. The van der Waals surface area contributed by atoms with E-state index in [0.29, 0.717) is 0 Å². The van der Waals surface area contributed by atoms with Gasteiger partial charge in [0.1, 0.15) is 4.91 Å². The summed E-state index contributed by atoms with van der Waals surface area (Å²) in [6.07, 6.45) is 6.34. The van der Waals surface area contributed by atoms with Crippen molar-refractivity contribution in [2.75, 3.05) is 0 Å². The normalized spacial score (nSPS) is 16.6. The van der Waals surface area contributed by atoms with Crippen LogP contribution in [-0.2, 0) is 10.9 Å². The van der Waals surface area contributed by atoms with Gasteiger partial charge in [-0.3, -0.25) is 0 Å². The molecule has 2 aromatic carbocycles. The Hall–Kier alpha value is -0.990. The zero-order valence-electron chi connectivity index (χ0n) is 12.6. The van der Waals surface area contributed by atoms with Gasteiger partial charge in [-0.1, -0.05) is 36.0 Å². The van der Waals surface area contributed by atoms with Crippen molar-refractivity contribution >= 4 is 22.7 Å². The van der Waals surface area contributed by atoms with Crippen LogP contribution in [0.3, 0.4) is 0 Å². The van der Waals surface area contributed by atoms with Crippen LogP contribution in [0.5, 0.6) is 0 Å². The number of rotatable bonds is 1. The van der Waals surface area contributed by atoms with Crippen LogP contribution in [0.15, 0.2) is 79.1 Å². The second-order valence-corrected chi connectivity index (χ2v) is 9.10. The third-order valence-corrected chi connectivity index (χ3v) is 7.52. The molecule has 0 aromatic heterocycles. The lowest BCUT2D eigenvalue weighted by molar-refractivity contribution is -2.00. The van der Waals surface area contributed by atoms with Gasteiger partial charge in [-0.2, -0.15) is 0 Å². The Labute approximate surface area is 149 Å². The minimum Gasteiger partial charge on any atom is -0.222 e. The van der Waals surface area contributed by atoms with Gasteiger partial charge in [0.05, 0.1) is 20.7 Å². The molecule has 0 atom stereocenters. The molecule has 0 fully saturated rings. The van der Waals surface area contributed by atoms with Crippen molar-refractivity contribution in [2.45, 2.75) is 38.8 Å². The first-order valence-electron chi connectivity index (χ1n) is 7.34. The molecule has 0 bridgehead atoms. The molecule has 24 heavy (non-hydrogen) atoms. The molecule has 126 valence electrons. The number of halogens is 1. The van der Waals surface area contributed by atoms with Crippen LogP contribution in [0.25, 0.3) is 0 Å². The average molecular weight is 383 g/mol. The molecule has 2 aliphatic rings. The standard InChI is InChI=1S/C17H15S2.ClHO4/c1-2-8-13(7-1)19-16-11-5-3-9-14(16)18-15-10-4-6-12-17(15)19;2-1(3,4)5/h3-7,9-12H,1-2,8H2;(H,2,3,4,5)/q+1;/p-1. The summed E-state index contributed by atoms with van der Waals surface area (Å²) in [6.45, 7) is 0. The smallest absolute Gasteiger partial charge is 0.180 e. The SMILES string of the molecule is C1=C([S+]2c3ccccc3Sc3ccccc32)CCC1.[O-][Cl+3]([O-])([O-])[O-]. The zero-order valence-corrected chi connectivity index (χ0v) is 15.0. The topological polar surface area (TPSA) is 92.2 Å². The third-order valence-electron chi connectivity index (χ3n) is 3.62. The average Bonchev–Trinajstić information content (AvgIpc) is 3.05. The van der Waals surface area contributed by atoms with Gasteiger partial charge in [-0.25, -0.2) is 18.6 Å². The van der Waals surface area contributed by atoms with Crippen LogP contribution in [0.4, 0.5) is 0 Å². The molecule has 1 aliphatic heterocycles. The van der Waals surface area contributed by atoms with E-state index in [2.05, 4.69) is 54.6 Å². The molecule has 4 rings (SSSR count). The molecule has 4 nitrogen and oxygen atoms in total. The first-order chi connectivity index (χ1) is 11.4. The van der Waals surface area contributed by atoms with Crippen LogP contribution in [-0.4, -0.2) is 0 Å². The molecule has 0 spiro atoms. The van der Waals surface area contributed by atoms with Crippen molar-refractivity contribution in [3.05, 3.63) is 59.5 Å². The van der Waals surface area contributed by atoms with E-state index < -0.39 is 10.2 Å². The van der Waals surface area contributed by atoms with Crippen molar-refractivity contribution < 1.29 is 28.9 Å². The van der Waals surface area contributed by atoms with Crippen molar-refractivity contribution in [1.29, 1.82) is 0 Å². The molecule has 2 aromatic rings. The monoisotopic (exact) mass is 382 g/mol. The van der Waals surface area contributed by atoms with Gasteiger partial charge in [0.15, 0.2) is 9.79 Å². The van der Waals surface area contributed by atoms with Crippen LogP contribution < -0.4 is 18.6 Å². The van der Waals surface area contributed by atoms with E-state index >= 15 is 0 Å². The van der Waals surface area contributed by atoms with Gasteiger partial charge < -0.3 is 0 Å². The molecule has 0 unspecified atom stereocenters. The number of benzene rings is 2. The number of hydrogen-bond acceptors (Lipinski definition) is 5. The van der Waals surface area contributed by atoms with Crippen LogP contribution >= 0.6 is 11.8 Å². The van der Waals surface area contributed by atoms with E-state index in [9.17, 15) is 0 Å². The fraction of sp³-hybridized carbons (Fsp3) is 0.176. The lowest BCUT2D eigenvalue weighted by Gasteiger charge is -2.19. The van der Waals surface area contributed by atoms with Gasteiger partial charge in [0.25, 0.3) is 0 Å². The predicted octanol–water partition coefficient (Wildman–Crippen LogP) is 0.499. The lowest BCUT2D eigenvalue weighted by Crippen LogP contribution is -2.68. The summed E-state index contributed by atoms with van der Waals surface area (Å²) in [5.41, 5.74) is 0. The molecule has 7 heteroatoms. The molecule has 1 aliphatic carbocycles. The van der Waals surface area contributed by atoms with E-state index in [0.717, 1.165) is 0 Å². The van der Waals surface area contributed by atoms with Crippen molar-refractivity contribution in [3.63, 3.8) is 0 Å². The lowest BCUT2D eigenvalue weighted by atomic mass is 10.3. The molecule has 0 N–H and O–H groups in total. The predicted molar refractivity (Wildman–Crippen MR) is 82.8 cm³/mol. The molecular weight excluding hydrogens is 368 g/mol. The third kappa shape index (κ3) is 4.34. The number of fused-ring (bicyclic) bond motifs is 2. The second kappa shape index (κ2) is 7.49. The quantitative estimate of drug-likeness (QED) is 0.669. The summed E-state index contributed by atoms with van der Waals surface area (Å²) < 4.78 is 34.0.